The summed E-state index contributed by atoms with van der Waals surface area (Å²) in [6.45, 7) is 6.14. The Kier molecular flexibility index (Phi) is 5.32. The molecule has 1 aromatic rings. The number of aliphatic hydroxyl groups is 1. The summed E-state index contributed by atoms with van der Waals surface area (Å²) in [7, 11) is 3.13. The molecule has 5 heteroatoms. The quantitative estimate of drug-likeness (QED) is 0.844. The summed E-state index contributed by atoms with van der Waals surface area (Å²) in [6, 6.07) is 3.45. The monoisotopic (exact) mass is 287 g/mol. The third-order valence-corrected chi connectivity index (χ3v) is 3.65. The number of ether oxygens (including phenoxy) is 2. The second kappa shape index (κ2) is 6.35. The topological polar surface area (TPSA) is 50.7 Å². The van der Waals surface area contributed by atoms with Gasteiger partial charge in [-0.05, 0) is 18.9 Å². The van der Waals surface area contributed by atoms with Crippen LogP contribution in [0, 0.1) is 5.92 Å². The van der Waals surface area contributed by atoms with E-state index >= 15 is 0 Å². The molecule has 1 unspecified atom stereocenters. The number of hydrogen-bond donors (Lipinski definition) is 2. The molecule has 0 bridgehead atoms. The van der Waals surface area contributed by atoms with Gasteiger partial charge in [0, 0.05) is 12.6 Å². The smallest absolute Gasteiger partial charge is 0.145 e. The molecular weight excluding hydrogens is 266 g/mol. The Morgan fingerprint density at radius 3 is 2.32 bits per heavy atom. The Morgan fingerprint density at radius 2 is 1.84 bits per heavy atom. The molecule has 0 spiro atoms. The Hall–Kier alpha value is -1.13. The van der Waals surface area contributed by atoms with Gasteiger partial charge < -0.3 is 19.9 Å². The summed E-state index contributed by atoms with van der Waals surface area (Å²) in [5.74, 6) is 1.32. The summed E-state index contributed by atoms with van der Waals surface area (Å²) < 4.78 is 10.4. The van der Waals surface area contributed by atoms with Crippen molar-refractivity contribution < 1.29 is 14.6 Å². The highest BCUT2D eigenvalue weighted by atomic mass is 35.5. The van der Waals surface area contributed by atoms with E-state index in [0.717, 1.165) is 5.69 Å². The summed E-state index contributed by atoms with van der Waals surface area (Å²) in [5.41, 5.74) is -0.0774. The molecule has 19 heavy (non-hydrogen) atoms. The van der Waals surface area contributed by atoms with Crippen molar-refractivity contribution in [3.63, 3.8) is 0 Å². The van der Waals surface area contributed by atoms with E-state index in [1.165, 1.54) is 0 Å². The van der Waals surface area contributed by atoms with Crippen LogP contribution in [-0.2, 0) is 0 Å². The zero-order valence-corrected chi connectivity index (χ0v) is 12.8. The molecule has 0 fully saturated rings. The maximum absolute atomic E-state index is 10.2. The van der Waals surface area contributed by atoms with Gasteiger partial charge in [-0.3, -0.25) is 0 Å². The number of methoxy groups -OCH3 is 2. The van der Waals surface area contributed by atoms with Gasteiger partial charge in [-0.25, -0.2) is 0 Å². The third-order valence-electron chi connectivity index (χ3n) is 3.35. The van der Waals surface area contributed by atoms with Crippen LogP contribution >= 0.6 is 11.6 Å². The summed E-state index contributed by atoms with van der Waals surface area (Å²) in [5, 5.41) is 13.9. The Bertz CT molecular complexity index is 433. The van der Waals surface area contributed by atoms with Crippen molar-refractivity contribution in [3.05, 3.63) is 17.2 Å². The van der Waals surface area contributed by atoms with E-state index in [1.807, 2.05) is 13.8 Å². The van der Waals surface area contributed by atoms with Gasteiger partial charge in [0.15, 0.2) is 0 Å². The van der Waals surface area contributed by atoms with Crippen molar-refractivity contribution in [2.75, 3.05) is 26.1 Å². The van der Waals surface area contributed by atoms with Crippen LogP contribution in [0.2, 0.25) is 5.02 Å². The first kappa shape index (κ1) is 15.9. The molecule has 2 N–H and O–H groups in total. The molecule has 1 atom stereocenters. The largest absolute Gasteiger partial charge is 0.495 e. The minimum Gasteiger partial charge on any atom is -0.495 e. The van der Waals surface area contributed by atoms with Crippen LogP contribution in [0.15, 0.2) is 12.1 Å². The van der Waals surface area contributed by atoms with Gasteiger partial charge in [0.25, 0.3) is 0 Å². The van der Waals surface area contributed by atoms with Gasteiger partial charge in [-0.15, -0.1) is 0 Å². The Balaban J connectivity index is 2.92. The number of halogens is 1. The van der Waals surface area contributed by atoms with Gasteiger partial charge in [-0.2, -0.15) is 0 Å². The first-order valence-corrected chi connectivity index (χ1v) is 6.57. The van der Waals surface area contributed by atoms with Gasteiger partial charge in [0.05, 0.1) is 30.5 Å². The van der Waals surface area contributed by atoms with Gasteiger partial charge >= 0.3 is 0 Å². The third kappa shape index (κ3) is 3.91. The molecule has 1 rings (SSSR count). The lowest BCUT2D eigenvalue weighted by atomic mass is 9.92. The first-order valence-electron chi connectivity index (χ1n) is 6.19. The van der Waals surface area contributed by atoms with E-state index in [4.69, 9.17) is 21.1 Å². The van der Waals surface area contributed by atoms with Crippen molar-refractivity contribution in [2.45, 2.75) is 26.4 Å². The molecule has 0 saturated heterocycles. The average molecular weight is 288 g/mol. The van der Waals surface area contributed by atoms with E-state index in [0.29, 0.717) is 23.1 Å². The fourth-order valence-electron chi connectivity index (χ4n) is 1.48. The lowest BCUT2D eigenvalue weighted by molar-refractivity contribution is 0.0266. The van der Waals surface area contributed by atoms with Crippen LogP contribution in [0.25, 0.3) is 0 Å². The molecule has 0 aliphatic heterocycles. The number of hydrogen-bond acceptors (Lipinski definition) is 4. The molecule has 0 aliphatic rings. The van der Waals surface area contributed by atoms with Crippen molar-refractivity contribution in [1.29, 1.82) is 0 Å². The van der Waals surface area contributed by atoms with Crippen LogP contribution in [0.1, 0.15) is 20.8 Å². The molecule has 0 radical (unpaired) electrons. The van der Waals surface area contributed by atoms with E-state index in [-0.39, 0.29) is 5.92 Å². The fourth-order valence-corrected chi connectivity index (χ4v) is 1.72. The normalized spacial score (nSPS) is 14.1. The van der Waals surface area contributed by atoms with Gasteiger partial charge in [-0.1, -0.05) is 25.4 Å². The zero-order chi connectivity index (χ0) is 14.6. The predicted molar refractivity (Wildman–Crippen MR) is 78.5 cm³/mol. The van der Waals surface area contributed by atoms with Gasteiger partial charge in [0.2, 0.25) is 0 Å². The Morgan fingerprint density at radius 1 is 1.26 bits per heavy atom. The summed E-state index contributed by atoms with van der Waals surface area (Å²) in [6.07, 6.45) is 0. The SMILES string of the molecule is COc1cc(OC)c(NCC(C)(O)C(C)C)cc1Cl. The second-order valence-corrected chi connectivity index (χ2v) is 5.46. The van der Waals surface area contributed by atoms with Crippen LogP contribution in [0.4, 0.5) is 5.69 Å². The summed E-state index contributed by atoms with van der Waals surface area (Å²) >= 11 is 6.09. The first-order chi connectivity index (χ1) is 8.81. The van der Waals surface area contributed by atoms with Crippen molar-refractivity contribution in [2.24, 2.45) is 5.92 Å². The maximum Gasteiger partial charge on any atom is 0.145 e. The highest BCUT2D eigenvalue weighted by molar-refractivity contribution is 6.32. The lowest BCUT2D eigenvalue weighted by Crippen LogP contribution is -2.38. The van der Waals surface area contributed by atoms with Crippen molar-refractivity contribution in [1.82, 2.24) is 0 Å². The number of rotatable bonds is 6. The molecule has 108 valence electrons. The second-order valence-electron chi connectivity index (χ2n) is 5.05. The van der Waals surface area contributed by atoms with Crippen LogP contribution in [0.3, 0.4) is 0 Å². The number of benzene rings is 1. The lowest BCUT2D eigenvalue weighted by Gasteiger charge is -2.28. The highest BCUT2D eigenvalue weighted by Gasteiger charge is 2.25. The van der Waals surface area contributed by atoms with Gasteiger partial charge in [0.1, 0.15) is 11.5 Å². The minimum atomic E-state index is -0.808. The van der Waals surface area contributed by atoms with Crippen LogP contribution in [0.5, 0.6) is 11.5 Å². The molecule has 0 aliphatic carbocycles. The molecule has 1 aromatic carbocycles. The van der Waals surface area contributed by atoms with Crippen molar-refractivity contribution in [3.8, 4) is 11.5 Å². The van der Waals surface area contributed by atoms with E-state index in [9.17, 15) is 5.11 Å². The number of nitrogens with one attached hydrogen (secondary N) is 1. The average Bonchev–Trinajstić information content (AvgIpc) is 2.36. The van der Waals surface area contributed by atoms with Crippen LogP contribution < -0.4 is 14.8 Å². The predicted octanol–water partition coefficient (Wildman–Crippen LogP) is 3.18. The minimum absolute atomic E-state index is 0.139. The zero-order valence-electron chi connectivity index (χ0n) is 12.1. The molecule has 0 saturated carbocycles. The van der Waals surface area contributed by atoms with E-state index in [1.54, 1.807) is 33.3 Å². The van der Waals surface area contributed by atoms with E-state index < -0.39 is 5.60 Å². The highest BCUT2D eigenvalue weighted by Crippen LogP contribution is 2.36. The van der Waals surface area contributed by atoms with E-state index in [2.05, 4.69) is 5.32 Å². The molecule has 0 amide bonds. The molecule has 0 aromatic heterocycles. The number of anilines is 1. The molecular formula is C14H22ClNO3. The maximum atomic E-state index is 10.2. The fraction of sp³-hybridized carbons (Fsp3) is 0.571. The molecule has 0 heterocycles. The Labute approximate surface area is 119 Å². The standard InChI is InChI=1S/C14H22ClNO3/c1-9(2)14(3,17)8-16-11-6-10(15)12(18-4)7-13(11)19-5/h6-7,9,16-17H,8H2,1-5H3. The van der Waals surface area contributed by atoms with Crippen molar-refractivity contribution >= 4 is 17.3 Å². The summed E-state index contributed by atoms with van der Waals surface area (Å²) in [4.78, 5) is 0. The molecule has 4 nitrogen and oxygen atoms in total. The van der Waals surface area contributed by atoms with Crippen LogP contribution in [-0.4, -0.2) is 31.5 Å².